The third-order valence-corrected chi connectivity index (χ3v) is 2.27. The van der Waals surface area contributed by atoms with E-state index in [1.807, 2.05) is 4.90 Å². The number of aldehydes is 1. The van der Waals surface area contributed by atoms with Gasteiger partial charge in [-0.15, -0.1) is 11.6 Å². The van der Waals surface area contributed by atoms with Crippen LogP contribution in [0, 0.1) is 0 Å². The molecule has 0 amide bonds. The normalized spacial score (nSPS) is 10.0. The van der Waals surface area contributed by atoms with Gasteiger partial charge in [0.15, 0.2) is 0 Å². The van der Waals surface area contributed by atoms with Crippen LogP contribution >= 0.6 is 11.6 Å². The first-order chi connectivity index (χ1) is 7.31. The highest BCUT2D eigenvalue weighted by Crippen LogP contribution is 2.14. The molecule has 82 valence electrons. The Labute approximate surface area is 93.6 Å². The van der Waals surface area contributed by atoms with E-state index < -0.39 is 6.67 Å². The number of rotatable bonds is 6. The number of hydrogen-bond donors (Lipinski definition) is 0. The van der Waals surface area contributed by atoms with E-state index in [9.17, 15) is 9.18 Å². The molecule has 0 bridgehead atoms. The summed E-state index contributed by atoms with van der Waals surface area (Å²) in [6.07, 6.45) is 0.783. The quantitative estimate of drug-likeness (QED) is 0.552. The van der Waals surface area contributed by atoms with Crippen molar-refractivity contribution in [3.63, 3.8) is 0 Å². The number of hydrogen-bond acceptors (Lipinski definition) is 2. The molecule has 0 saturated heterocycles. The van der Waals surface area contributed by atoms with Crippen molar-refractivity contribution in [3.8, 4) is 0 Å². The van der Waals surface area contributed by atoms with Crippen LogP contribution in [0.2, 0.25) is 0 Å². The minimum absolute atomic E-state index is 0.327. The molecule has 0 unspecified atom stereocenters. The topological polar surface area (TPSA) is 20.3 Å². The summed E-state index contributed by atoms with van der Waals surface area (Å²) in [5.41, 5.74) is 1.50. The summed E-state index contributed by atoms with van der Waals surface area (Å²) in [5.74, 6) is 0.454. The zero-order valence-corrected chi connectivity index (χ0v) is 9.08. The SMILES string of the molecule is O=Cc1ccc(N(CCF)CCCl)cc1. The minimum atomic E-state index is -0.410. The monoisotopic (exact) mass is 229 g/mol. The molecular weight excluding hydrogens is 217 g/mol. The Morgan fingerprint density at radius 1 is 1.27 bits per heavy atom. The van der Waals surface area contributed by atoms with Crippen molar-refractivity contribution < 1.29 is 9.18 Å². The number of halogens is 2. The van der Waals surface area contributed by atoms with Gasteiger partial charge in [-0.1, -0.05) is 0 Å². The fourth-order valence-electron chi connectivity index (χ4n) is 1.34. The van der Waals surface area contributed by atoms with Gasteiger partial charge >= 0.3 is 0 Å². The van der Waals surface area contributed by atoms with Gasteiger partial charge in [0.05, 0.1) is 0 Å². The molecule has 2 nitrogen and oxygen atoms in total. The molecule has 0 aliphatic heterocycles. The van der Waals surface area contributed by atoms with Crippen molar-refractivity contribution in [2.24, 2.45) is 0 Å². The van der Waals surface area contributed by atoms with Gasteiger partial charge in [-0.25, -0.2) is 4.39 Å². The molecule has 0 spiro atoms. The van der Waals surface area contributed by atoms with E-state index in [1.165, 1.54) is 0 Å². The molecule has 0 radical (unpaired) electrons. The second-order valence-corrected chi connectivity index (χ2v) is 3.45. The molecule has 0 atom stereocenters. The van der Waals surface area contributed by atoms with Crippen LogP contribution in [0.4, 0.5) is 10.1 Å². The summed E-state index contributed by atoms with van der Waals surface area (Å²) in [6.45, 7) is 0.519. The Hall–Kier alpha value is -1.09. The van der Waals surface area contributed by atoms with Crippen LogP contribution in [0.25, 0.3) is 0 Å². The summed E-state index contributed by atoms with van der Waals surface area (Å²) >= 11 is 5.62. The number of carbonyl (C=O) groups is 1. The van der Waals surface area contributed by atoms with E-state index >= 15 is 0 Å². The van der Waals surface area contributed by atoms with Gasteiger partial charge in [0.1, 0.15) is 13.0 Å². The first-order valence-electron chi connectivity index (χ1n) is 4.74. The maximum absolute atomic E-state index is 12.3. The van der Waals surface area contributed by atoms with Gasteiger partial charge in [-0.2, -0.15) is 0 Å². The van der Waals surface area contributed by atoms with Crippen LogP contribution < -0.4 is 4.90 Å². The number of nitrogens with zero attached hydrogens (tertiary/aromatic N) is 1. The molecule has 15 heavy (non-hydrogen) atoms. The number of alkyl halides is 2. The molecule has 0 aliphatic carbocycles. The van der Waals surface area contributed by atoms with Crippen molar-refractivity contribution in [3.05, 3.63) is 29.8 Å². The van der Waals surface area contributed by atoms with Crippen LogP contribution in [0.15, 0.2) is 24.3 Å². The fraction of sp³-hybridized carbons (Fsp3) is 0.364. The van der Waals surface area contributed by atoms with Crippen LogP contribution in [0.5, 0.6) is 0 Å². The van der Waals surface area contributed by atoms with Crippen LogP contribution in [0.3, 0.4) is 0 Å². The van der Waals surface area contributed by atoms with Crippen molar-refractivity contribution >= 4 is 23.6 Å². The first kappa shape index (κ1) is 12.0. The van der Waals surface area contributed by atoms with E-state index in [4.69, 9.17) is 11.6 Å². The first-order valence-corrected chi connectivity index (χ1v) is 5.27. The average molecular weight is 230 g/mol. The van der Waals surface area contributed by atoms with Crippen molar-refractivity contribution in [2.45, 2.75) is 0 Å². The second kappa shape index (κ2) is 6.40. The molecule has 1 aromatic rings. The molecule has 1 aromatic carbocycles. The Morgan fingerprint density at radius 3 is 2.40 bits per heavy atom. The lowest BCUT2D eigenvalue weighted by molar-refractivity contribution is 0.112. The number of benzene rings is 1. The lowest BCUT2D eigenvalue weighted by Gasteiger charge is -2.22. The molecule has 0 saturated carbocycles. The third kappa shape index (κ3) is 3.51. The van der Waals surface area contributed by atoms with Crippen molar-refractivity contribution in [1.82, 2.24) is 0 Å². The molecule has 0 aliphatic rings. The Bertz CT molecular complexity index is 296. The van der Waals surface area contributed by atoms with Gasteiger partial charge in [0.25, 0.3) is 0 Å². The van der Waals surface area contributed by atoms with E-state index in [2.05, 4.69) is 0 Å². The molecule has 0 heterocycles. The van der Waals surface area contributed by atoms with Crippen LogP contribution in [-0.4, -0.2) is 31.9 Å². The zero-order chi connectivity index (χ0) is 11.1. The summed E-state index contributed by atoms with van der Waals surface area (Å²) in [7, 11) is 0. The van der Waals surface area contributed by atoms with Crippen LogP contribution in [0.1, 0.15) is 10.4 Å². The Balaban J connectivity index is 2.76. The van der Waals surface area contributed by atoms with Gasteiger partial charge in [-0.05, 0) is 24.3 Å². The van der Waals surface area contributed by atoms with E-state index in [0.717, 1.165) is 12.0 Å². The molecule has 1 rings (SSSR count). The summed E-state index contributed by atoms with van der Waals surface area (Å²) in [5, 5.41) is 0. The van der Waals surface area contributed by atoms with E-state index in [-0.39, 0.29) is 0 Å². The van der Waals surface area contributed by atoms with Gasteiger partial charge < -0.3 is 4.90 Å². The maximum Gasteiger partial charge on any atom is 0.150 e. The van der Waals surface area contributed by atoms with Crippen molar-refractivity contribution in [2.75, 3.05) is 30.5 Å². The second-order valence-electron chi connectivity index (χ2n) is 3.07. The van der Waals surface area contributed by atoms with Gasteiger partial charge in [-0.3, -0.25) is 4.79 Å². The van der Waals surface area contributed by atoms with Crippen molar-refractivity contribution in [1.29, 1.82) is 0 Å². The summed E-state index contributed by atoms with van der Waals surface area (Å²) < 4.78 is 12.3. The molecule has 0 fully saturated rings. The summed E-state index contributed by atoms with van der Waals surface area (Å²) in [4.78, 5) is 12.3. The Morgan fingerprint density at radius 2 is 1.93 bits per heavy atom. The molecule has 0 N–H and O–H groups in total. The van der Waals surface area contributed by atoms with Gasteiger partial charge in [0.2, 0.25) is 0 Å². The zero-order valence-electron chi connectivity index (χ0n) is 8.33. The van der Waals surface area contributed by atoms with Crippen LogP contribution in [-0.2, 0) is 0 Å². The predicted molar refractivity (Wildman–Crippen MR) is 60.7 cm³/mol. The lowest BCUT2D eigenvalue weighted by Crippen LogP contribution is -2.27. The standard InChI is InChI=1S/C11H13ClFNO/c12-5-7-14(8-6-13)11-3-1-10(9-15)2-4-11/h1-4,9H,5-8H2. The number of anilines is 1. The third-order valence-electron chi connectivity index (χ3n) is 2.10. The molecule has 4 heteroatoms. The van der Waals surface area contributed by atoms with E-state index in [1.54, 1.807) is 24.3 Å². The number of carbonyl (C=O) groups excluding carboxylic acids is 1. The Kier molecular flexibility index (Phi) is 5.12. The highest BCUT2D eigenvalue weighted by atomic mass is 35.5. The fourth-order valence-corrected chi connectivity index (χ4v) is 1.54. The predicted octanol–water partition coefficient (Wildman–Crippen LogP) is 2.51. The maximum atomic E-state index is 12.3. The minimum Gasteiger partial charge on any atom is -0.368 e. The molecule has 0 aromatic heterocycles. The van der Waals surface area contributed by atoms with Gasteiger partial charge in [0, 0.05) is 30.2 Å². The average Bonchev–Trinajstić information content (AvgIpc) is 2.29. The lowest BCUT2D eigenvalue weighted by atomic mass is 10.2. The smallest absolute Gasteiger partial charge is 0.150 e. The highest BCUT2D eigenvalue weighted by molar-refractivity contribution is 6.18. The van der Waals surface area contributed by atoms with E-state index in [0.29, 0.717) is 24.5 Å². The summed E-state index contributed by atoms with van der Waals surface area (Å²) in [6, 6.07) is 7.02. The molecular formula is C11H13ClFNO. The largest absolute Gasteiger partial charge is 0.368 e. The highest BCUT2D eigenvalue weighted by Gasteiger charge is 2.04.